The van der Waals surface area contributed by atoms with Crippen molar-refractivity contribution < 1.29 is 9.90 Å². The normalized spacial score (nSPS) is 30.0. The zero-order valence-corrected chi connectivity index (χ0v) is 6.58. The van der Waals surface area contributed by atoms with Gasteiger partial charge in [-0.2, -0.15) is 0 Å². The molecule has 0 bridgehead atoms. The zero-order chi connectivity index (χ0) is 8.27. The molecule has 0 spiro atoms. The number of hydrogen-bond acceptors (Lipinski definition) is 2. The molecule has 0 radical (unpaired) electrons. The standard InChI is InChI=1S/C8H13NO2/c1-9-8(11)6-3-2-4-7(10)5-6/h2,4,6-7,10H,3,5H2,1H3,(H,9,11). The molecule has 62 valence electrons. The van der Waals surface area contributed by atoms with Crippen molar-refractivity contribution in [1.29, 1.82) is 0 Å². The van der Waals surface area contributed by atoms with Crippen LogP contribution in [0.4, 0.5) is 0 Å². The van der Waals surface area contributed by atoms with E-state index >= 15 is 0 Å². The Morgan fingerprint density at radius 3 is 3.00 bits per heavy atom. The van der Waals surface area contributed by atoms with Crippen LogP contribution < -0.4 is 5.32 Å². The molecule has 0 saturated carbocycles. The smallest absolute Gasteiger partial charge is 0.223 e. The van der Waals surface area contributed by atoms with Gasteiger partial charge in [0, 0.05) is 13.0 Å². The van der Waals surface area contributed by atoms with Crippen molar-refractivity contribution in [3.8, 4) is 0 Å². The van der Waals surface area contributed by atoms with Crippen LogP contribution in [0.3, 0.4) is 0 Å². The van der Waals surface area contributed by atoms with Gasteiger partial charge in [-0.05, 0) is 12.8 Å². The monoisotopic (exact) mass is 155 g/mol. The topological polar surface area (TPSA) is 49.3 Å². The molecule has 0 saturated heterocycles. The van der Waals surface area contributed by atoms with Gasteiger partial charge in [0.05, 0.1) is 6.10 Å². The van der Waals surface area contributed by atoms with Crippen LogP contribution in [0.15, 0.2) is 12.2 Å². The van der Waals surface area contributed by atoms with Crippen molar-refractivity contribution in [2.75, 3.05) is 7.05 Å². The molecular formula is C8H13NO2. The summed E-state index contributed by atoms with van der Waals surface area (Å²) >= 11 is 0. The maximum Gasteiger partial charge on any atom is 0.223 e. The van der Waals surface area contributed by atoms with Gasteiger partial charge in [-0.25, -0.2) is 0 Å². The maximum atomic E-state index is 11.1. The van der Waals surface area contributed by atoms with E-state index in [2.05, 4.69) is 5.32 Å². The van der Waals surface area contributed by atoms with Crippen molar-refractivity contribution in [2.45, 2.75) is 18.9 Å². The number of allylic oxidation sites excluding steroid dienone is 1. The average Bonchev–Trinajstić information content (AvgIpc) is 2.03. The molecule has 0 aliphatic heterocycles. The fraction of sp³-hybridized carbons (Fsp3) is 0.625. The molecule has 1 aliphatic rings. The molecule has 1 rings (SSSR count). The van der Waals surface area contributed by atoms with Gasteiger partial charge >= 0.3 is 0 Å². The van der Waals surface area contributed by atoms with Crippen LogP contribution in [0.1, 0.15) is 12.8 Å². The molecule has 3 heteroatoms. The lowest BCUT2D eigenvalue weighted by Crippen LogP contribution is -2.31. The van der Waals surface area contributed by atoms with Gasteiger partial charge in [-0.15, -0.1) is 0 Å². The number of amides is 1. The molecule has 0 aromatic carbocycles. The number of aliphatic hydroxyl groups excluding tert-OH is 1. The molecular weight excluding hydrogens is 142 g/mol. The lowest BCUT2D eigenvalue weighted by Gasteiger charge is -2.19. The minimum absolute atomic E-state index is 0.0217. The predicted molar refractivity (Wildman–Crippen MR) is 41.9 cm³/mol. The zero-order valence-electron chi connectivity index (χ0n) is 6.58. The lowest BCUT2D eigenvalue weighted by atomic mass is 9.92. The van der Waals surface area contributed by atoms with E-state index in [-0.39, 0.29) is 11.8 Å². The van der Waals surface area contributed by atoms with Crippen molar-refractivity contribution in [1.82, 2.24) is 5.32 Å². The molecule has 0 aromatic heterocycles. The Kier molecular flexibility index (Phi) is 2.65. The summed E-state index contributed by atoms with van der Waals surface area (Å²) in [5, 5.41) is 11.7. The number of nitrogens with one attached hydrogen (secondary N) is 1. The molecule has 0 fully saturated rings. The first-order valence-electron chi connectivity index (χ1n) is 3.80. The van der Waals surface area contributed by atoms with Gasteiger partial charge in [0.15, 0.2) is 0 Å². The highest BCUT2D eigenvalue weighted by Crippen LogP contribution is 2.18. The molecule has 11 heavy (non-hydrogen) atoms. The van der Waals surface area contributed by atoms with Gasteiger partial charge in [-0.1, -0.05) is 12.2 Å². The second kappa shape index (κ2) is 3.53. The highest BCUT2D eigenvalue weighted by molar-refractivity contribution is 5.78. The Labute approximate surface area is 66.1 Å². The Hall–Kier alpha value is -0.830. The fourth-order valence-corrected chi connectivity index (χ4v) is 1.28. The largest absolute Gasteiger partial charge is 0.389 e. The summed E-state index contributed by atoms with van der Waals surface area (Å²) in [6, 6.07) is 0. The Morgan fingerprint density at radius 2 is 2.45 bits per heavy atom. The predicted octanol–water partition coefficient (Wildman–Crippen LogP) is 0.0595. The molecule has 2 unspecified atom stereocenters. The minimum Gasteiger partial charge on any atom is -0.389 e. The van der Waals surface area contributed by atoms with E-state index in [0.29, 0.717) is 6.42 Å². The number of rotatable bonds is 1. The summed E-state index contributed by atoms with van der Waals surface area (Å²) in [4.78, 5) is 11.1. The summed E-state index contributed by atoms with van der Waals surface area (Å²) in [6.45, 7) is 0. The summed E-state index contributed by atoms with van der Waals surface area (Å²) in [5.74, 6) is -0.0200. The highest BCUT2D eigenvalue weighted by Gasteiger charge is 2.21. The van der Waals surface area contributed by atoms with E-state index in [0.717, 1.165) is 6.42 Å². The van der Waals surface area contributed by atoms with Crippen molar-refractivity contribution >= 4 is 5.91 Å². The van der Waals surface area contributed by atoms with Gasteiger partial charge in [-0.3, -0.25) is 4.79 Å². The average molecular weight is 155 g/mol. The van der Waals surface area contributed by atoms with E-state index in [9.17, 15) is 4.79 Å². The Balaban J connectivity index is 2.49. The van der Waals surface area contributed by atoms with Crippen molar-refractivity contribution in [3.05, 3.63) is 12.2 Å². The van der Waals surface area contributed by atoms with E-state index in [1.165, 1.54) is 0 Å². The Bertz CT molecular complexity index is 177. The molecule has 1 aliphatic carbocycles. The van der Waals surface area contributed by atoms with Crippen LogP contribution in [0.5, 0.6) is 0 Å². The van der Waals surface area contributed by atoms with Crippen molar-refractivity contribution in [2.24, 2.45) is 5.92 Å². The summed E-state index contributed by atoms with van der Waals surface area (Å²) in [6.07, 6.45) is 4.45. The quantitative estimate of drug-likeness (QED) is 0.526. The summed E-state index contributed by atoms with van der Waals surface area (Å²) in [7, 11) is 1.62. The van der Waals surface area contributed by atoms with Crippen LogP contribution in [-0.2, 0) is 4.79 Å². The second-order valence-corrected chi connectivity index (χ2v) is 2.78. The molecule has 0 heterocycles. The molecule has 1 amide bonds. The van der Waals surface area contributed by atoms with E-state index in [1.54, 1.807) is 13.1 Å². The number of hydrogen-bond donors (Lipinski definition) is 2. The van der Waals surface area contributed by atoms with E-state index in [4.69, 9.17) is 5.11 Å². The Morgan fingerprint density at radius 1 is 1.73 bits per heavy atom. The first-order valence-corrected chi connectivity index (χ1v) is 3.80. The van der Waals surface area contributed by atoms with Gasteiger partial charge in [0.1, 0.15) is 0 Å². The molecule has 2 atom stereocenters. The third-order valence-electron chi connectivity index (χ3n) is 1.92. The van der Waals surface area contributed by atoms with Gasteiger partial charge in [0.25, 0.3) is 0 Å². The third-order valence-corrected chi connectivity index (χ3v) is 1.92. The minimum atomic E-state index is -0.439. The van der Waals surface area contributed by atoms with Crippen LogP contribution >= 0.6 is 0 Å². The first-order chi connectivity index (χ1) is 5.24. The lowest BCUT2D eigenvalue weighted by molar-refractivity contribution is -0.125. The third kappa shape index (κ3) is 2.05. The van der Waals surface area contributed by atoms with Crippen molar-refractivity contribution in [3.63, 3.8) is 0 Å². The summed E-state index contributed by atoms with van der Waals surface area (Å²) in [5.41, 5.74) is 0. The number of aliphatic hydroxyl groups is 1. The SMILES string of the molecule is CNC(=O)C1CC=CC(O)C1. The van der Waals surface area contributed by atoms with E-state index < -0.39 is 6.10 Å². The van der Waals surface area contributed by atoms with Gasteiger partial charge in [0.2, 0.25) is 5.91 Å². The number of carbonyl (C=O) groups excluding carboxylic acids is 1. The van der Waals surface area contributed by atoms with Crippen LogP contribution in [0, 0.1) is 5.92 Å². The summed E-state index contributed by atoms with van der Waals surface area (Å²) < 4.78 is 0. The molecule has 3 nitrogen and oxygen atoms in total. The molecule has 0 aromatic rings. The second-order valence-electron chi connectivity index (χ2n) is 2.78. The first kappa shape index (κ1) is 8.27. The molecule has 2 N–H and O–H groups in total. The van der Waals surface area contributed by atoms with Crippen LogP contribution in [-0.4, -0.2) is 24.2 Å². The van der Waals surface area contributed by atoms with Gasteiger partial charge < -0.3 is 10.4 Å². The van der Waals surface area contributed by atoms with Crippen LogP contribution in [0.25, 0.3) is 0 Å². The van der Waals surface area contributed by atoms with Crippen LogP contribution in [0.2, 0.25) is 0 Å². The fourth-order valence-electron chi connectivity index (χ4n) is 1.28. The highest BCUT2D eigenvalue weighted by atomic mass is 16.3. The van der Waals surface area contributed by atoms with E-state index in [1.807, 2.05) is 6.08 Å². The number of carbonyl (C=O) groups is 1. The maximum absolute atomic E-state index is 11.1.